The third-order valence-electron chi connectivity index (χ3n) is 5.18. The summed E-state index contributed by atoms with van der Waals surface area (Å²) in [5, 5.41) is 3.63. The van der Waals surface area contributed by atoms with Gasteiger partial charge in [0.15, 0.2) is 0 Å². The minimum absolute atomic E-state index is 0. The van der Waals surface area contributed by atoms with Crippen LogP contribution in [0.4, 0.5) is 0 Å². The van der Waals surface area contributed by atoms with E-state index < -0.39 is 0 Å². The van der Waals surface area contributed by atoms with E-state index in [4.69, 9.17) is 4.74 Å². The highest BCUT2D eigenvalue weighted by Gasteiger charge is 2.39. The van der Waals surface area contributed by atoms with Crippen molar-refractivity contribution >= 4 is 18.3 Å². The first-order chi connectivity index (χ1) is 9.17. The number of carbonyl (C=O) groups excluding carboxylic acids is 1. The van der Waals surface area contributed by atoms with Gasteiger partial charge in [0.2, 0.25) is 0 Å². The maximum absolute atomic E-state index is 12.5. The molecule has 3 aliphatic rings. The Kier molecular flexibility index (Phi) is 5.32. The van der Waals surface area contributed by atoms with Crippen LogP contribution in [0.25, 0.3) is 0 Å². The summed E-state index contributed by atoms with van der Waals surface area (Å²) in [5.41, 5.74) is 0. The quantitative estimate of drug-likeness (QED) is 0.868. The van der Waals surface area contributed by atoms with Crippen molar-refractivity contribution in [1.82, 2.24) is 10.2 Å². The van der Waals surface area contributed by atoms with Gasteiger partial charge in [0.1, 0.15) is 6.10 Å². The van der Waals surface area contributed by atoms with Gasteiger partial charge in [-0.15, -0.1) is 12.4 Å². The summed E-state index contributed by atoms with van der Waals surface area (Å²) >= 11 is 0. The minimum Gasteiger partial charge on any atom is -0.365 e. The average molecular weight is 303 g/mol. The van der Waals surface area contributed by atoms with Crippen molar-refractivity contribution in [3.05, 3.63) is 0 Å². The highest BCUT2D eigenvalue weighted by atomic mass is 35.5. The molecule has 0 aromatic rings. The van der Waals surface area contributed by atoms with E-state index in [0.29, 0.717) is 24.2 Å². The van der Waals surface area contributed by atoms with Crippen LogP contribution in [-0.2, 0) is 9.53 Å². The Balaban J connectivity index is 0.00000147. The highest BCUT2D eigenvalue weighted by Crippen LogP contribution is 2.31. The van der Waals surface area contributed by atoms with Crippen molar-refractivity contribution in [1.29, 1.82) is 0 Å². The molecule has 3 aliphatic heterocycles. The molecule has 3 fully saturated rings. The summed E-state index contributed by atoms with van der Waals surface area (Å²) < 4.78 is 5.85. The lowest BCUT2D eigenvalue weighted by atomic mass is 9.98. The number of likely N-dealkylation sites (N-methyl/N-ethyl adjacent to an activating group) is 1. The number of nitrogens with one attached hydrogen (secondary N) is 1. The van der Waals surface area contributed by atoms with Gasteiger partial charge < -0.3 is 15.0 Å². The molecule has 1 N–H and O–H groups in total. The summed E-state index contributed by atoms with van der Waals surface area (Å²) in [7, 11) is 1.97. The van der Waals surface area contributed by atoms with Crippen molar-refractivity contribution in [2.24, 2.45) is 0 Å². The van der Waals surface area contributed by atoms with Crippen molar-refractivity contribution in [3.8, 4) is 0 Å². The molecule has 0 saturated carbocycles. The maximum Gasteiger partial charge on any atom is 0.251 e. The fourth-order valence-electron chi connectivity index (χ4n) is 3.94. The summed E-state index contributed by atoms with van der Waals surface area (Å²) in [5.74, 6) is 0.210. The maximum atomic E-state index is 12.5. The second kappa shape index (κ2) is 6.63. The van der Waals surface area contributed by atoms with E-state index in [1.807, 2.05) is 11.9 Å². The SMILES string of the molecule is CCC1CCC(C(=O)N(C)C2CC3CCC(C2)N3)O1.Cl. The molecule has 20 heavy (non-hydrogen) atoms. The third-order valence-corrected chi connectivity index (χ3v) is 5.18. The molecule has 4 unspecified atom stereocenters. The zero-order valence-electron chi connectivity index (χ0n) is 12.5. The molecule has 5 heteroatoms. The van der Waals surface area contributed by atoms with Crippen LogP contribution in [0.5, 0.6) is 0 Å². The second-order valence-corrected chi connectivity index (χ2v) is 6.44. The predicted molar refractivity (Wildman–Crippen MR) is 81.2 cm³/mol. The number of nitrogens with zero attached hydrogens (tertiary/aromatic N) is 1. The summed E-state index contributed by atoms with van der Waals surface area (Å²) in [6.07, 6.45) is 7.87. The molecule has 3 heterocycles. The normalized spacial score (nSPS) is 39.4. The molecular weight excluding hydrogens is 276 g/mol. The van der Waals surface area contributed by atoms with Crippen LogP contribution < -0.4 is 5.32 Å². The van der Waals surface area contributed by atoms with Crippen LogP contribution in [0.3, 0.4) is 0 Å². The number of carbonyl (C=O) groups is 1. The van der Waals surface area contributed by atoms with Gasteiger partial charge in [-0.3, -0.25) is 4.79 Å². The van der Waals surface area contributed by atoms with Crippen molar-refractivity contribution in [2.45, 2.75) is 82.2 Å². The molecule has 3 rings (SSSR count). The van der Waals surface area contributed by atoms with E-state index in [9.17, 15) is 4.79 Å². The summed E-state index contributed by atoms with van der Waals surface area (Å²) in [6, 6.07) is 1.68. The Hall–Kier alpha value is -0.320. The lowest BCUT2D eigenvalue weighted by molar-refractivity contribution is -0.144. The first kappa shape index (κ1) is 16.1. The van der Waals surface area contributed by atoms with E-state index >= 15 is 0 Å². The molecule has 4 atom stereocenters. The van der Waals surface area contributed by atoms with Crippen LogP contribution in [0.2, 0.25) is 0 Å². The van der Waals surface area contributed by atoms with Gasteiger partial charge in [-0.2, -0.15) is 0 Å². The Morgan fingerprint density at radius 2 is 1.85 bits per heavy atom. The first-order valence-electron chi connectivity index (χ1n) is 7.85. The van der Waals surface area contributed by atoms with Crippen LogP contribution in [-0.4, -0.2) is 48.2 Å². The second-order valence-electron chi connectivity index (χ2n) is 6.44. The van der Waals surface area contributed by atoms with Crippen LogP contribution in [0, 0.1) is 0 Å². The number of hydrogen-bond acceptors (Lipinski definition) is 3. The lowest BCUT2D eigenvalue weighted by Crippen LogP contribution is -2.51. The molecule has 0 aromatic carbocycles. The molecule has 0 aliphatic carbocycles. The van der Waals surface area contributed by atoms with E-state index in [1.165, 1.54) is 12.8 Å². The molecule has 2 bridgehead atoms. The van der Waals surface area contributed by atoms with Crippen molar-refractivity contribution in [3.63, 3.8) is 0 Å². The standard InChI is InChI=1S/C15H26N2O2.ClH/c1-3-13-6-7-14(19-13)15(18)17(2)12-8-10-4-5-11(9-12)16-10;/h10-14,16H,3-9H2,1-2H3;1H. The van der Waals surface area contributed by atoms with Crippen molar-refractivity contribution < 1.29 is 9.53 Å². The highest BCUT2D eigenvalue weighted by molar-refractivity contribution is 5.85. The molecule has 0 spiro atoms. The van der Waals surface area contributed by atoms with E-state index in [-0.39, 0.29) is 24.4 Å². The van der Waals surface area contributed by atoms with Gasteiger partial charge in [0, 0.05) is 25.2 Å². The molecule has 1 amide bonds. The van der Waals surface area contributed by atoms with Gasteiger partial charge >= 0.3 is 0 Å². The first-order valence-corrected chi connectivity index (χ1v) is 7.85. The number of ether oxygens (including phenoxy) is 1. The summed E-state index contributed by atoms with van der Waals surface area (Å²) in [4.78, 5) is 14.5. The summed E-state index contributed by atoms with van der Waals surface area (Å²) in [6.45, 7) is 2.13. The molecule has 3 saturated heterocycles. The van der Waals surface area contributed by atoms with Gasteiger partial charge in [0.05, 0.1) is 6.10 Å². The largest absolute Gasteiger partial charge is 0.365 e. The molecule has 0 aromatic heterocycles. The monoisotopic (exact) mass is 302 g/mol. The topological polar surface area (TPSA) is 41.6 Å². The Morgan fingerprint density at radius 1 is 1.20 bits per heavy atom. The molecular formula is C15H27ClN2O2. The van der Waals surface area contributed by atoms with E-state index in [2.05, 4.69) is 12.2 Å². The van der Waals surface area contributed by atoms with Crippen LogP contribution >= 0.6 is 12.4 Å². The van der Waals surface area contributed by atoms with Gasteiger partial charge in [-0.05, 0) is 44.9 Å². The lowest BCUT2D eigenvalue weighted by Gasteiger charge is -2.36. The number of amides is 1. The fourth-order valence-corrected chi connectivity index (χ4v) is 3.94. The Labute approximate surface area is 128 Å². The molecule has 0 radical (unpaired) electrons. The smallest absolute Gasteiger partial charge is 0.251 e. The zero-order valence-corrected chi connectivity index (χ0v) is 13.3. The van der Waals surface area contributed by atoms with E-state index in [0.717, 1.165) is 32.1 Å². The molecule has 116 valence electrons. The Bertz CT molecular complexity index is 341. The Morgan fingerprint density at radius 3 is 2.40 bits per heavy atom. The number of hydrogen-bond donors (Lipinski definition) is 1. The third kappa shape index (κ3) is 3.12. The van der Waals surface area contributed by atoms with Gasteiger partial charge in [0.25, 0.3) is 5.91 Å². The number of halogens is 1. The van der Waals surface area contributed by atoms with Gasteiger partial charge in [-0.1, -0.05) is 6.92 Å². The fraction of sp³-hybridized carbons (Fsp3) is 0.933. The van der Waals surface area contributed by atoms with Crippen LogP contribution in [0.1, 0.15) is 51.9 Å². The number of rotatable bonds is 3. The van der Waals surface area contributed by atoms with E-state index in [1.54, 1.807) is 0 Å². The predicted octanol–water partition coefficient (Wildman–Crippen LogP) is 2.11. The molecule has 4 nitrogen and oxygen atoms in total. The van der Waals surface area contributed by atoms with Crippen molar-refractivity contribution in [2.75, 3.05) is 7.05 Å². The number of fused-ring (bicyclic) bond motifs is 2. The van der Waals surface area contributed by atoms with Gasteiger partial charge in [-0.25, -0.2) is 0 Å². The minimum atomic E-state index is -0.178. The average Bonchev–Trinajstić information content (AvgIpc) is 3.03. The zero-order chi connectivity index (χ0) is 13.4. The van der Waals surface area contributed by atoms with Crippen LogP contribution in [0.15, 0.2) is 0 Å². The number of piperidine rings is 1.